The number of methoxy groups -OCH3 is 2. The van der Waals surface area contributed by atoms with Crippen molar-refractivity contribution in [2.45, 2.75) is 18.5 Å². The summed E-state index contributed by atoms with van der Waals surface area (Å²) in [4.78, 5) is 20.9. The van der Waals surface area contributed by atoms with E-state index in [1.807, 2.05) is 18.2 Å². The van der Waals surface area contributed by atoms with E-state index in [9.17, 15) is 9.00 Å². The number of nitrogens with zero attached hydrogens (tertiary/aromatic N) is 2. The van der Waals surface area contributed by atoms with Gasteiger partial charge in [-0.25, -0.2) is 9.97 Å². The number of hydrogen-bond donors (Lipinski definition) is 2. The van der Waals surface area contributed by atoms with Crippen molar-refractivity contribution < 1.29 is 18.5 Å². The number of carbonyl (C=O) groups is 1. The van der Waals surface area contributed by atoms with Gasteiger partial charge in [0, 0.05) is 34.7 Å². The molecule has 0 aliphatic carbocycles. The highest BCUT2D eigenvalue weighted by molar-refractivity contribution is 8.00. The van der Waals surface area contributed by atoms with E-state index in [4.69, 9.17) is 32.7 Å². The second-order valence-electron chi connectivity index (χ2n) is 8.45. The zero-order valence-electron chi connectivity index (χ0n) is 19.8. The standard InChI is InChI=1S/C25H26Cl2N4O4S/c1-5-21(32)29-17-8-9-36(4,33)13-18(17)31-25-28-12-15-10-14(6-7-16(15)30-25)22-23(26)19(34-2)11-20(35-3)24(22)27/h5-7,10-12,17-18H,1,4,8-9,13H2,2-3H3,(H,29,32)(H,28,30,31)/t17-,18+,36?/m0/s1. The molecule has 190 valence electrons. The fraction of sp³-hybridized carbons (Fsp3) is 0.280. The third-order valence-electron chi connectivity index (χ3n) is 6.04. The number of hydrogen-bond acceptors (Lipinski definition) is 7. The Labute approximate surface area is 220 Å². The van der Waals surface area contributed by atoms with E-state index in [-0.39, 0.29) is 18.0 Å². The molecule has 1 aliphatic heterocycles. The van der Waals surface area contributed by atoms with E-state index in [0.29, 0.717) is 56.5 Å². The minimum atomic E-state index is -2.27. The molecular weight excluding hydrogens is 523 g/mol. The number of benzene rings is 2. The van der Waals surface area contributed by atoms with Crippen molar-refractivity contribution in [3.05, 3.63) is 53.2 Å². The van der Waals surface area contributed by atoms with Crippen molar-refractivity contribution >= 4 is 61.4 Å². The molecule has 2 heterocycles. The van der Waals surface area contributed by atoms with Crippen molar-refractivity contribution in [2.75, 3.05) is 31.0 Å². The molecule has 11 heteroatoms. The van der Waals surface area contributed by atoms with Gasteiger partial charge in [-0.3, -0.25) is 9.00 Å². The topological polar surface area (TPSA) is 102 Å². The maximum atomic E-state index is 12.7. The van der Waals surface area contributed by atoms with E-state index >= 15 is 0 Å². The quantitative estimate of drug-likeness (QED) is 0.337. The minimum absolute atomic E-state index is 0.249. The van der Waals surface area contributed by atoms with Crippen LogP contribution in [0.25, 0.3) is 22.0 Å². The summed E-state index contributed by atoms with van der Waals surface area (Å²) < 4.78 is 23.4. The molecule has 1 saturated heterocycles. The average Bonchev–Trinajstić information content (AvgIpc) is 2.85. The summed E-state index contributed by atoms with van der Waals surface area (Å²) in [6, 6.07) is 6.60. The van der Waals surface area contributed by atoms with Crippen molar-refractivity contribution in [1.82, 2.24) is 15.3 Å². The van der Waals surface area contributed by atoms with Gasteiger partial charge in [0.15, 0.2) is 0 Å². The second-order valence-corrected chi connectivity index (χ2v) is 11.9. The van der Waals surface area contributed by atoms with Gasteiger partial charge in [0.1, 0.15) is 11.5 Å². The molecule has 0 radical (unpaired) electrons. The van der Waals surface area contributed by atoms with Gasteiger partial charge >= 0.3 is 0 Å². The molecule has 36 heavy (non-hydrogen) atoms. The van der Waals surface area contributed by atoms with Crippen LogP contribution >= 0.6 is 23.2 Å². The number of amides is 1. The molecule has 0 bridgehead atoms. The lowest BCUT2D eigenvalue weighted by Crippen LogP contribution is -2.53. The highest BCUT2D eigenvalue weighted by atomic mass is 35.5. The van der Waals surface area contributed by atoms with Gasteiger partial charge in [0.05, 0.1) is 41.9 Å². The van der Waals surface area contributed by atoms with Gasteiger partial charge in [0.25, 0.3) is 0 Å². The van der Waals surface area contributed by atoms with Crippen LogP contribution in [0.4, 0.5) is 5.95 Å². The zero-order chi connectivity index (χ0) is 26.0. The Bertz CT molecular complexity index is 1420. The number of halogens is 2. The second kappa shape index (κ2) is 10.5. The first-order chi connectivity index (χ1) is 17.2. The molecule has 2 aromatic carbocycles. The van der Waals surface area contributed by atoms with Gasteiger partial charge in [0.2, 0.25) is 11.9 Å². The highest BCUT2D eigenvalue weighted by Crippen LogP contribution is 2.46. The van der Waals surface area contributed by atoms with E-state index in [0.717, 1.165) is 10.9 Å². The first-order valence-electron chi connectivity index (χ1n) is 11.0. The van der Waals surface area contributed by atoms with Crippen molar-refractivity contribution in [1.29, 1.82) is 0 Å². The van der Waals surface area contributed by atoms with Crippen LogP contribution in [0.2, 0.25) is 10.0 Å². The van der Waals surface area contributed by atoms with E-state index in [1.165, 1.54) is 20.3 Å². The van der Waals surface area contributed by atoms with Crippen LogP contribution in [0.15, 0.2) is 43.1 Å². The van der Waals surface area contributed by atoms with Gasteiger partial charge in [-0.1, -0.05) is 35.8 Å². The normalized spacial score (nSPS) is 21.6. The molecular formula is C25H26Cl2N4O4S. The number of ether oxygens (including phenoxy) is 2. The molecule has 2 N–H and O–H groups in total. The predicted octanol–water partition coefficient (Wildman–Crippen LogP) is 4.19. The average molecular weight is 549 g/mol. The fourth-order valence-corrected chi connectivity index (χ4v) is 6.73. The molecule has 1 unspecified atom stereocenters. The number of aromatic nitrogens is 2. The van der Waals surface area contributed by atoms with Crippen molar-refractivity contribution in [2.24, 2.45) is 0 Å². The first-order valence-corrected chi connectivity index (χ1v) is 13.9. The number of fused-ring (bicyclic) bond motifs is 1. The molecule has 1 fully saturated rings. The van der Waals surface area contributed by atoms with Gasteiger partial charge in [-0.05, 0) is 45.6 Å². The third-order valence-corrected chi connectivity index (χ3v) is 8.74. The highest BCUT2D eigenvalue weighted by Gasteiger charge is 2.31. The summed E-state index contributed by atoms with van der Waals surface area (Å²) >= 11 is 13.1. The van der Waals surface area contributed by atoms with Crippen LogP contribution in [0, 0.1) is 0 Å². The van der Waals surface area contributed by atoms with E-state index < -0.39 is 9.52 Å². The minimum Gasteiger partial charge on any atom is -0.495 e. The van der Waals surface area contributed by atoms with Gasteiger partial charge in [-0.15, -0.1) is 0 Å². The number of nitrogens with one attached hydrogen (secondary N) is 2. The molecule has 4 rings (SSSR count). The molecule has 3 aromatic rings. The monoisotopic (exact) mass is 548 g/mol. The largest absolute Gasteiger partial charge is 0.495 e. The number of rotatable bonds is 7. The molecule has 1 aliphatic rings. The molecule has 1 aromatic heterocycles. The van der Waals surface area contributed by atoms with Gasteiger partial charge < -0.3 is 20.1 Å². The Morgan fingerprint density at radius 2 is 1.86 bits per heavy atom. The van der Waals surface area contributed by atoms with Crippen molar-refractivity contribution in [3.63, 3.8) is 0 Å². The Kier molecular flexibility index (Phi) is 7.63. The lowest BCUT2D eigenvalue weighted by atomic mass is 10.0. The van der Waals surface area contributed by atoms with Crippen molar-refractivity contribution in [3.8, 4) is 22.6 Å². The maximum Gasteiger partial charge on any atom is 0.243 e. The molecule has 8 nitrogen and oxygen atoms in total. The number of anilines is 1. The summed E-state index contributed by atoms with van der Waals surface area (Å²) in [5, 5.41) is 7.62. The molecule has 0 spiro atoms. The molecule has 3 atom stereocenters. The van der Waals surface area contributed by atoms with E-state index in [1.54, 1.807) is 12.3 Å². The van der Waals surface area contributed by atoms with Crippen LogP contribution < -0.4 is 20.1 Å². The van der Waals surface area contributed by atoms with Crippen LogP contribution in [-0.2, 0) is 14.3 Å². The third kappa shape index (κ3) is 5.38. The Balaban J connectivity index is 1.66. The summed E-state index contributed by atoms with van der Waals surface area (Å²) in [7, 11) is 0.777. The van der Waals surface area contributed by atoms with E-state index in [2.05, 4.69) is 33.1 Å². The van der Waals surface area contributed by atoms with Crippen LogP contribution in [-0.4, -0.2) is 63.8 Å². The summed E-state index contributed by atoms with van der Waals surface area (Å²) in [6.45, 7) is 3.50. The Morgan fingerprint density at radius 3 is 2.50 bits per heavy atom. The van der Waals surface area contributed by atoms with Crippen LogP contribution in [0.1, 0.15) is 6.42 Å². The Hall–Kier alpha value is -3.01. The van der Waals surface area contributed by atoms with Gasteiger partial charge in [-0.2, -0.15) is 0 Å². The zero-order valence-corrected chi connectivity index (χ0v) is 22.2. The molecule has 0 saturated carbocycles. The summed E-state index contributed by atoms with van der Waals surface area (Å²) in [6.07, 6.45) is 3.42. The molecule has 1 amide bonds. The fourth-order valence-electron chi connectivity index (χ4n) is 4.19. The summed E-state index contributed by atoms with van der Waals surface area (Å²) in [5.74, 6) is 5.54. The predicted molar refractivity (Wildman–Crippen MR) is 147 cm³/mol. The smallest absolute Gasteiger partial charge is 0.243 e. The SMILES string of the molecule is C=CC(=O)N[C@H]1CCS(=C)(=O)C[C@H]1Nc1ncc2cc(-c3c(Cl)c(OC)cc(OC)c3Cl)ccc2n1. The first kappa shape index (κ1) is 26.1. The maximum absolute atomic E-state index is 12.7. The Morgan fingerprint density at radius 1 is 1.17 bits per heavy atom. The van der Waals surface area contributed by atoms with Crippen LogP contribution in [0.5, 0.6) is 11.5 Å². The lowest BCUT2D eigenvalue weighted by Gasteiger charge is -2.34. The van der Waals surface area contributed by atoms with Crippen LogP contribution in [0.3, 0.4) is 0 Å². The summed E-state index contributed by atoms with van der Waals surface area (Å²) in [5.41, 5.74) is 2.00. The lowest BCUT2D eigenvalue weighted by molar-refractivity contribution is -0.117. The number of carbonyl (C=O) groups excluding carboxylic acids is 1.